The molecule has 19 heavy (non-hydrogen) atoms. The van der Waals surface area contributed by atoms with E-state index in [9.17, 15) is 4.79 Å². The predicted octanol–water partition coefficient (Wildman–Crippen LogP) is 3.43. The molecule has 0 spiro atoms. The first-order valence-electron chi connectivity index (χ1n) is 7.11. The van der Waals surface area contributed by atoms with Crippen molar-refractivity contribution in [1.82, 2.24) is 9.88 Å². The van der Waals surface area contributed by atoms with Gasteiger partial charge in [0.1, 0.15) is 0 Å². The summed E-state index contributed by atoms with van der Waals surface area (Å²) in [7, 11) is 0. The molecule has 0 radical (unpaired) electrons. The fraction of sp³-hybridized carbons (Fsp3) is 0.438. The Morgan fingerprint density at radius 3 is 3.00 bits per heavy atom. The van der Waals surface area contributed by atoms with Crippen LogP contribution >= 0.6 is 0 Å². The average molecular weight is 256 g/mol. The van der Waals surface area contributed by atoms with Gasteiger partial charge in [0.2, 0.25) is 0 Å². The first-order chi connectivity index (χ1) is 9.25. The minimum Gasteiger partial charge on any atom is -0.360 e. The zero-order valence-corrected chi connectivity index (χ0v) is 11.4. The summed E-state index contributed by atoms with van der Waals surface area (Å²) < 4.78 is 0. The number of para-hydroxylation sites is 1. The molecule has 0 bridgehead atoms. The SMILES string of the molecule is CC1CCCN(C(=O)c2c[nH]c3ccccc23)CC1. The number of H-pyrrole nitrogens is 1. The van der Waals surface area contributed by atoms with Crippen LogP contribution in [0.2, 0.25) is 0 Å². The zero-order valence-electron chi connectivity index (χ0n) is 11.4. The van der Waals surface area contributed by atoms with Gasteiger partial charge in [-0.1, -0.05) is 25.1 Å². The van der Waals surface area contributed by atoms with E-state index in [1.807, 2.05) is 35.4 Å². The number of likely N-dealkylation sites (tertiary alicyclic amines) is 1. The number of amides is 1. The molecule has 1 fully saturated rings. The summed E-state index contributed by atoms with van der Waals surface area (Å²) in [6.07, 6.45) is 5.32. The van der Waals surface area contributed by atoms with Gasteiger partial charge >= 0.3 is 0 Å². The fourth-order valence-corrected chi connectivity index (χ4v) is 2.88. The van der Waals surface area contributed by atoms with Crippen LogP contribution in [-0.2, 0) is 0 Å². The summed E-state index contributed by atoms with van der Waals surface area (Å²) in [6.45, 7) is 4.06. The second-order valence-corrected chi connectivity index (χ2v) is 5.58. The van der Waals surface area contributed by atoms with Crippen molar-refractivity contribution in [3.8, 4) is 0 Å². The fourth-order valence-electron chi connectivity index (χ4n) is 2.88. The molecule has 1 aromatic carbocycles. The van der Waals surface area contributed by atoms with E-state index in [2.05, 4.69) is 11.9 Å². The molecular weight excluding hydrogens is 236 g/mol. The number of nitrogens with one attached hydrogen (secondary N) is 1. The van der Waals surface area contributed by atoms with Crippen LogP contribution in [0.1, 0.15) is 36.5 Å². The molecule has 3 rings (SSSR count). The van der Waals surface area contributed by atoms with Crippen LogP contribution in [0.5, 0.6) is 0 Å². The number of aromatic amines is 1. The molecule has 0 saturated carbocycles. The first-order valence-corrected chi connectivity index (χ1v) is 7.11. The van der Waals surface area contributed by atoms with Gasteiger partial charge < -0.3 is 9.88 Å². The Hall–Kier alpha value is -1.77. The van der Waals surface area contributed by atoms with Crippen molar-refractivity contribution in [3.63, 3.8) is 0 Å². The van der Waals surface area contributed by atoms with Crippen molar-refractivity contribution in [1.29, 1.82) is 0 Å². The monoisotopic (exact) mass is 256 g/mol. The smallest absolute Gasteiger partial charge is 0.256 e. The highest BCUT2D eigenvalue weighted by Crippen LogP contribution is 2.22. The molecule has 1 N–H and O–H groups in total. The molecule has 1 unspecified atom stereocenters. The van der Waals surface area contributed by atoms with Crippen LogP contribution in [-0.4, -0.2) is 28.9 Å². The highest BCUT2D eigenvalue weighted by atomic mass is 16.2. The van der Waals surface area contributed by atoms with Gasteiger partial charge in [-0.15, -0.1) is 0 Å². The number of carbonyl (C=O) groups is 1. The van der Waals surface area contributed by atoms with Crippen molar-refractivity contribution in [2.24, 2.45) is 5.92 Å². The van der Waals surface area contributed by atoms with E-state index >= 15 is 0 Å². The molecule has 3 heteroatoms. The van der Waals surface area contributed by atoms with Crippen molar-refractivity contribution < 1.29 is 4.79 Å². The molecule has 1 aromatic heterocycles. The Bertz CT molecular complexity index is 587. The van der Waals surface area contributed by atoms with E-state index in [4.69, 9.17) is 0 Å². The predicted molar refractivity (Wildman–Crippen MR) is 77.2 cm³/mol. The van der Waals surface area contributed by atoms with Gasteiger partial charge in [-0.3, -0.25) is 4.79 Å². The van der Waals surface area contributed by atoms with E-state index in [0.717, 1.165) is 48.3 Å². The lowest BCUT2D eigenvalue weighted by atomic mass is 10.0. The van der Waals surface area contributed by atoms with Crippen LogP contribution in [0.3, 0.4) is 0 Å². The zero-order chi connectivity index (χ0) is 13.2. The Balaban J connectivity index is 1.87. The van der Waals surface area contributed by atoms with Crippen LogP contribution in [0.25, 0.3) is 10.9 Å². The van der Waals surface area contributed by atoms with Crippen LogP contribution in [0.4, 0.5) is 0 Å². The highest BCUT2D eigenvalue weighted by Gasteiger charge is 2.21. The third kappa shape index (κ3) is 2.37. The molecule has 1 amide bonds. The number of hydrogen-bond acceptors (Lipinski definition) is 1. The summed E-state index contributed by atoms with van der Waals surface area (Å²) in [6, 6.07) is 7.99. The van der Waals surface area contributed by atoms with E-state index in [0.29, 0.717) is 0 Å². The van der Waals surface area contributed by atoms with E-state index in [1.165, 1.54) is 6.42 Å². The molecule has 1 atom stereocenters. The lowest BCUT2D eigenvalue weighted by Crippen LogP contribution is -2.31. The normalized spacial score (nSPS) is 20.5. The Kier molecular flexibility index (Phi) is 3.28. The number of fused-ring (bicyclic) bond motifs is 1. The van der Waals surface area contributed by atoms with Gasteiger partial charge in [0.15, 0.2) is 0 Å². The van der Waals surface area contributed by atoms with E-state index < -0.39 is 0 Å². The summed E-state index contributed by atoms with van der Waals surface area (Å²) in [5.74, 6) is 0.910. The lowest BCUT2D eigenvalue weighted by Gasteiger charge is -2.20. The molecule has 100 valence electrons. The number of aromatic nitrogens is 1. The molecule has 1 saturated heterocycles. The topological polar surface area (TPSA) is 36.1 Å². The standard InChI is InChI=1S/C16H20N2O/c1-12-5-4-9-18(10-8-12)16(19)14-11-17-15-7-3-2-6-13(14)15/h2-3,6-7,11-12,17H,4-5,8-10H2,1H3. The maximum atomic E-state index is 12.6. The minimum absolute atomic E-state index is 0.173. The number of carbonyl (C=O) groups excluding carboxylic acids is 1. The summed E-state index contributed by atoms with van der Waals surface area (Å²) in [5.41, 5.74) is 1.85. The first kappa shape index (κ1) is 12.3. The Labute approximate surface area is 113 Å². The molecule has 0 aliphatic carbocycles. The second-order valence-electron chi connectivity index (χ2n) is 5.58. The summed E-state index contributed by atoms with van der Waals surface area (Å²) in [5, 5.41) is 1.03. The number of nitrogens with zero attached hydrogens (tertiary/aromatic N) is 1. The quantitative estimate of drug-likeness (QED) is 0.833. The van der Waals surface area contributed by atoms with E-state index in [-0.39, 0.29) is 5.91 Å². The van der Waals surface area contributed by atoms with Gasteiger partial charge in [0.25, 0.3) is 5.91 Å². The van der Waals surface area contributed by atoms with Gasteiger partial charge in [-0.25, -0.2) is 0 Å². The number of hydrogen-bond donors (Lipinski definition) is 1. The van der Waals surface area contributed by atoms with Gasteiger partial charge in [-0.05, 0) is 31.2 Å². The highest BCUT2D eigenvalue weighted by molar-refractivity contribution is 6.06. The van der Waals surface area contributed by atoms with Gasteiger partial charge in [-0.2, -0.15) is 0 Å². The summed E-state index contributed by atoms with van der Waals surface area (Å²) >= 11 is 0. The second kappa shape index (κ2) is 5.08. The van der Waals surface area contributed by atoms with Crippen LogP contribution in [0.15, 0.2) is 30.5 Å². The molecule has 2 aromatic rings. The molecule has 1 aliphatic rings. The molecule has 2 heterocycles. The van der Waals surface area contributed by atoms with Crippen LogP contribution < -0.4 is 0 Å². The third-order valence-electron chi connectivity index (χ3n) is 4.12. The van der Waals surface area contributed by atoms with Crippen molar-refractivity contribution >= 4 is 16.8 Å². The molecule has 3 nitrogen and oxygen atoms in total. The third-order valence-corrected chi connectivity index (χ3v) is 4.12. The van der Waals surface area contributed by atoms with Gasteiger partial charge in [0, 0.05) is 30.2 Å². The minimum atomic E-state index is 0.173. The number of rotatable bonds is 1. The Morgan fingerprint density at radius 1 is 1.26 bits per heavy atom. The van der Waals surface area contributed by atoms with Crippen molar-refractivity contribution in [2.75, 3.05) is 13.1 Å². The largest absolute Gasteiger partial charge is 0.360 e. The molecule has 1 aliphatic heterocycles. The average Bonchev–Trinajstić information content (AvgIpc) is 2.74. The van der Waals surface area contributed by atoms with E-state index in [1.54, 1.807) is 0 Å². The lowest BCUT2D eigenvalue weighted by molar-refractivity contribution is 0.0762. The molecular formula is C16H20N2O. The van der Waals surface area contributed by atoms with Crippen LogP contribution in [0, 0.1) is 5.92 Å². The number of benzene rings is 1. The maximum absolute atomic E-state index is 12.6. The summed E-state index contributed by atoms with van der Waals surface area (Å²) in [4.78, 5) is 17.8. The van der Waals surface area contributed by atoms with Gasteiger partial charge in [0.05, 0.1) is 5.56 Å². The van der Waals surface area contributed by atoms with Crippen molar-refractivity contribution in [2.45, 2.75) is 26.2 Å². The van der Waals surface area contributed by atoms with Crippen molar-refractivity contribution in [3.05, 3.63) is 36.0 Å². The maximum Gasteiger partial charge on any atom is 0.256 e. The Morgan fingerprint density at radius 2 is 2.11 bits per heavy atom.